The molecule has 0 spiro atoms. The van der Waals surface area contributed by atoms with Gasteiger partial charge in [-0.3, -0.25) is 4.98 Å². The van der Waals surface area contributed by atoms with Gasteiger partial charge in [-0.05, 0) is 12.1 Å². The van der Waals surface area contributed by atoms with E-state index in [-0.39, 0.29) is 0 Å². The minimum Gasteiger partial charge on any atom is -0.309 e. The van der Waals surface area contributed by atoms with Gasteiger partial charge < -0.3 is 9.88 Å². The molecular weight excluding hydrogens is 238 g/mol. The lowest BCUT2D eigenvalue weighted by Crippen LogP contribution is -2.28. The van der Waals surface area contributed by atoms with Crippen molar-refractivity contribution in [1.82, 2.24) is 25.1 Å². The molecule has 19 heavy (non-hydrogen) atoms. The van der Waals surface area contributed by atoms with Gasteiger partial charge in [0.05, 0.1) is 12.1 Å². The maximum atomic E-state index is 4.39. The predicted molar refractivity (Wildman–Crippen MR) is 72.5 cm³/mol. The topological polar surface area (TPSA) is 55.6 Å². The first kappa shape index (κ1) is 10.6. The monoisotopic (exact) mass is 251 g/mol. The Labute approximate surface area is 110 Å². The van der Waals surface area contributed by atoms with E-state index in [0.29, 0.717) is 0 Å². The minimum atomic E-state index is 0.788. The van der Waals surface area contributed by atoms with Crippen LogP contribution in [0, 0.1) is 0 Å². The molecule has 0 atom stereocenters. The second kappa shape index (κ2) is 4.13. The van der Waals surface area contributed by atoms with Crippen molar-refractivity contribution < 1.29 is 0 Å². The zero-order chi connectivity index (χ0) is 12.7. The van der Waals surface area contributed by atoms with Gasteiger partial charge >= 0.3 is 0 Å². The van der Waals surface area contributed by atoms with Crippen LogP contribution in [0.1, 0.15) is 5.82 Å². The van der Waals surface area contributed by atoms with Gasteiger partial charge in [-0.15, -0.1) is 10.2 Å². The van der Waals surface area contributed by atoms with E-state index in [1.54, 1.807) is 0 Å². The average molecular weight is 251 g/mol. The summed E-state index contributed by atoms with van der Waals surface area (Å²) in [5, 5.41) is 13.1. The Balaban J connectivity index is 1.98. The SMILES string of the molecule is c1ccc2c(-c3nnc4n3CCNC4)ccnc2c1. The molecule has 1 aliphatic rings. The molecular formula is C14H13N5. The van der Waals surface area contributed by atoms with Crippen LogP contribution in [0.3, 0.4) is 0 Å². The first-order valence-corrected chi connectivity index (χ1v) is 6.40. The summed E-state index contributed by atoms with van der Waals surface area (Å²) >= 11 is 0. The maximum absolute atomic E-state index is 4.39. The molecule has 3 aromatic rings. The van der Waals surface area contributed by atoms with E-state index < -0.39 is 0 Å². The quantitative estimate of drug-likeness (QED) is 0.713. The van der Waals surface area contributed by atoms with Crippen molar-refractivity contribution in [2.24, 2.45) is 0 Å². The van der Waals surface area contributed by atoms with Crippen LogP contribution < -0.4 is 5.32 Å². The van der Waals surface area contributed by atoms with E-state index in [9.17, 15) is 0 Å². The van der Waals surface area contributed by atoms with E-state index in [2.05, 4.69) is 31.1 Å². The molecule has 1 N–H and O–H groups in total. The normalized spacial score (nSPS) is 14.5. The van der Waals surface area contributed by atoms with Crippen molar-refractivity contribution >= 4 is 10.9 Å². The molecule has 0 fully saturated rings. The van der Waals surface area contributed by atoms with Gasteiger partial charge in [-0.2, -0.15) is 0 Å². The Bertz CT molecular complexity index is 741. The van der Waals surface area contributed by atoms with Crippen LogP contribution in [0.5, 0.6) is 0 Å². The lowest BCUT2D eigenvalue weighted by molar-refractivity contribution is 0.508. The first-order chi connectivity index (χ1) is 9.43. The Morgan fingerprint density at radius 2 is 2.05 bits per heavy atom. The Morgan fingerprint density at radius 3 is 3.05 bits per heavy atom. The minimum absolute atomic E-state index is 0.788. The van der Waals surface area contributed by atoms with Gasteiger partial charge in [-0.1, -0.05) is 18.2 Å². The molecule has 0 amide bonds. The summed E-state index contributed by atoms with van der Waals surface area (Å²) < 4.78 is 2.19. The third-order valence-corrected chi connectivity index (χ3v) is 3.51. The zero-order valence-corrected chi connectivity index (χ0v) is 10.4. The van der Waals surface area contributed by atoms with Crippen LogP contribution in [-0.2, 0) is 13.1 Å². The summed E-state index contributed by atoms with van der Waals surface area (Å²) in [6.07, 6.45) is 1.83. The van der Waals surface area contributed by atoms with Crippen molar-refractivity contribution in [1.29, 1.82) is 0 Å². The highest BCUT2D eigenvalue weighted by molar-refractivity contribution is 5.92. The average Bonchev–Trinajstić information content (AvgIpc) is 2.90. The van der Waals surface area contributed by atoms with Crippen LogP contribution in [0.4, 0.5) is 0 Å². The Kier molecular flexibility index (Phi) is 2.31. The Morgan fingerprint density at radius 1 is 1.11 bits per heavy atom. The summed E-state index contributed by atoms with van der Waals surface area (Å²) in [5.74, 6) is 1.94. The fraction of sp³-hybridized carbons (Fsp3) is 0.214. The summed E-state index contributed by atoms with van der Waals surface area (Å²) in [6, 6.07) is 10.2. The van der Waals surface area contributed by atoms with Crippen LogP contribution >= 0.6 is 0 Å². The maximum Gasteiger partial charge on any atom is 0.164 e. The molecule has 3 heterocycles. The van der Waals surface area contributed by atoms with Gasteiger partial charge in [-0.25, -0.2) is 0 Å². The fourth-order valence-electron chi connectivity index (χ4n) is 2.58. The lowest BCUT2D eigenvalue weighted by Gasteiger charge is -2.16. The highest BCUT2D eigenvalue weighted by atomic mass is 15.3. The fourth-order valence-corrected chi connectivity index (χ4v) is 2.58. The van der Waals surface area contributed by atoms with E-state index in [1.165, 1.54) is 0 Å². The second-order valence-electron chi connectivity index (χ2n) is 4.64. The number of hydrogen-bond donors (Lipinski definition) is 1. The van der Waals surface area contributed by atoms with Crippen LogP contribution in [0.15, 0.2) is 36.5 Å². The second-order valence-corrected chi connectivity index (χ2v) is 4.64. The van der Waals surface area contributed by atoms with Crippen LogP contribution in [0.2, 0.25) is 0 Å². The number of nitrogens with zero attached hydrogens (tertiary/aromatic N) is 4. The number of para-hydroxylation sites is 1. The zero-order valence-electron chi connectivity index (χ0n) is 10.4. The number of rotatable bonds is 1. The molecule has 1 aromatic carbocycles. The molecule has 2 aromatic heterocycles. The largest absolute Gasteiger partial charge is 0.309 e. The number of aromatic nitrogens is 4. The van der Waals surface area contributed by atoms with E-state index in [0.717, 1.165) is 47.7 Å². The molecule has 1 aliphatic heterocycles. The summed E-state index contributed by atoms with van der Waals surface area (Å²) in [6.45, 7) is 2.66. The standard InChI is InChI=1S/C14H13N5/c1-2-4-12-10(3-1)11(5-6-16-12)14-18-17-13-9-15-7-8-19(13)14/h1-6,15H,7-9H2. The molecule has 0 bridgehead atoms. The molecule has 5 heteroatoms. The number of hydrogen-bond acceptors (Lipinski definition) is 4. The van der Waals surface area contributed by atoms with Crippen molar-refractivity contribution in [3.05, 3.63) is 42.4 Å². The van der Waals surface area contributed by atoms with Crippen LogP contribution in [0.25, 0.3) is 22.3 Å². The van der Waals surface area contributed by atoms with E-state index in [1.807, 2.05) is 30.5 Å². The summed E-state index contributed by atoms with van der Waals surface area (Å²) in [4.78, 5) is 4.39. The van der Waals surface area contributed by atoms with Crippen LogP contribution in [-0.4, -0.2) is 26.3 Å². The van der Waals surface area contributed by atoms with Gasteiger partial charge in [0.25, 0.3) is 0 Å². The van der Waals surface area contributed by atoms with Gasteiger partial charge in [0, 0.05) is 30.2 Å². The number of pyridine rings is 1. The number of nitrogens with one attached hydrogen (secondary N) is 1. The van der Waals surface area contributed by atoms with Crippen molar-refractivity contribution in [3.63, 3.8) is 0 Å². The smallest absolute Gasteiger partial charge is 0.164 e. The molecule has 5 nitrogen and oxygen atoms in total. The Hall–Kier alpha value is -2.27. The van der Waals surface area contributed by atoms with E-state index in [4.69, 9.17) is 0 Å². The van der Waals surface area contributed by atoms with E-state index >= 15 is 0 Å². The predicted octanol–water partition coefficient (Wildman–Crippen LogP) is 1.60. The summed E-state index contributed by atoms with van der Waals surface area (Å²) in [7, 11) is 0. The van der Waals surface area contributed by atoms with Gasteiger partial charge in [0.2, 0.25) is 0 Å². The van der Waals surface area contributed by atoms with Crippen molar-refractivity contribution in [3.8, 4) is 11.4 Å². The third kappa shape index (κ3) is 1.62. The molecule has 0 aliphatic carbocycles. The molecule has 0 unspecified atom stereocenters. The molecule has 4 rings (SSSR count). The molecule has 0 saturated heterocycles. The molecule has 0 saturated carbocycles. The molecule has 0 radical (unpaired) electrons. The molecule has 94 valence electrons. The van der Waals surface area contributed by atoms with Gasteiger partial charge in [0.1, 0.15) is 5.82 Å². The highest BCUT2D eigenvalue weighted by Crippen LogP contribution is 2.26. The van der Waals surface area contributed by atoms with Crippen molar-refractivity contribution in [2.45, 2.75) is 13.1 Å². The number of benzene rings is 1. The summed E-state index contributed by atoms with van der Waals surface area (Å²) in [5.41, 5.74) is 2.09. The number of fused-ring (bicyclic) bond motifs is 2. The first-order valence-electron chi connectivity index (χ1n) is 6.40. The van der Waals surface area contributed by atoms with Gasteiger partial charge in [0.15, 0.2) is 5.82 Å². The highest BCUT2D eigenvalue weighted by Gasteiger charge is 2.17. The van der Waals surface area contributed by atoms with Crippen molar-refractivity contribution in [2.75, 3.05) is 6.54 Å². The third-order valence-electron chi connectivity index (χ3n) is 3.51. The lowest BCUT2D eigenvalue weighted by atomic mass is 10.1.